The van der Waals surface area contributed by atoms with Gasteiger partial charge in [0.1, 0.15) is 42.4 Å². The standard InChI is InChI=1S/C36H34O13/c37-27-9-5-25(6-10-27)35(38)47-29-15-7-26(8-16-29)36(39)48-32-20-44-33-31(19-43-34(32)33)46-22-42-18-23-1-11-28(12-2-23)45-21-41-17-24-3-13-30(49-40)14-4-24/h1-16,31-34,37,40H,17-22H2/t31-,32+,33?,34+/m1/s1. The second kappa shape index (κ2) is 16.4. The Labute approximate surface area is 281 Å². The maximum absolute atomic E-state index is 12.8. The summed E-state index contributed by atoms with van der Waals surface area (Å²) in [6.07, 6.45) is -1.88. The van der Waals surface area contributed by atoms with E-state index in [4.69, 9.17) is 43.2 Å². The Kier molecular flexibility index (Phi) is 11.3. The first-order chi connectivity index (χ1) is 23.9. The van der Waals surface area contributed by atoms with Gasteiger partial charge in [0.15, 0.2) is 18.6 Å². The number of carbonyl (C=O) groups is 2. The first-order valence-electron chi connectivity index (χ1n) is 15.4. The lowest BCUT2D eigenvalue weighted by Gasteiger charge is -2.17. The Morgan fingerprint density at radius 1 is 0.633 bits per heavy atom. The maximum atomic E-state index is 12.8. The minimum atomic E-state index is -0.612. The Morgan fingerprint density at radius 3 is 1.82 bits per heavy atom. The molecule has 2 aliphatic rings. The van der Waals surface area contributed by atoms with Crippen molar-refractivity contribution in [3.8, 4) is 23.0 Å². The molecule has 2 heterocycles. The molecular formula is C36H34O13. The zero-order chi connectivity index (χ0) is 34.0. The van der Waals surface area contributed by atoms with E-state index in [1.165, 1.54) is 48.5 Å². The molecule has 2 saturated heterocycles. The van der Waals surface area contributed by atoms with Crippen LogP contribution in [0.15, 0.2) is 97.1 Å². The van der Waals surface area contributed by atoms with Crippen LogP contribution in [0.2, 0.25) is 0 Å². The summed E-state index contributed by atoms with van der Waals surface area (Å²) in [4.78, 5) is 29.3. The van der Waals surface area contributed by atoms with Gasteiger partial charge in [-0.1, -0.05) is 24.3 Å². The van der Waals surface area contributed by atoms with E-state index in [1.807, 2.05) is 24.3 Å². The average molecular weight is 675 g/mol. The molecule has 4 aromatic rings. The highest BCUT2D eigenvalue weighted by Crippen LogP contribution is 2.31. The molecule has 2 fully saturated rings. The third-order valence-electron chi connectivity index (χ3n) is 7.79. The smallest absolute Gasteiger partial charge is 0.343 e. The van der Waals surface area contributed by atoms with Crippen LogP contribution in [0.3, 0.4) is 0 Å². The van der Waals surface area contributed by atoms with Crippen molar-refractivity contribution in [2.45, 2.75) is 37.6 Å². The molecule has 0 bridgehead atoms. The number of esters is 2. The highest BCUT2D eigenvalue weighted by Gasteiger charge is 2.50. The molecule has 13 nitrogen and oxygen atoms in total. The highest BCUT2D eigenvalue weighted by molar-refractivity contribution is 5.92. The number of carbonyl (C=O) groups excluding carboxylic acids is 2. The van der Waals surface area contributed by atoms with Gasteiger partial charge in [-0.3, -0.25) is 0 Å². The Balaban J connectivity index is 0.869. The van der Waals surface area contributed by atoms with E-state index in [1.54, 1.807) is 24.3 Å². The van der Waals surface area contributed by atoms with E-state index >= 15 is 0 Å². The number of hydrogen-bond acceptors (Lipinski definition) is 13. The molecule has 0 aliphatic carbocycles. The van der Waals surface area contributed by atoms with Gasteiger partial charge >= 0.3 is 11.9 Å². The molecule has 0 aromatic heterocycles. The third-order valence-corrected chi connectivity index (χ3v) is 7.79. The van der Waals surface area contributed by atoms with Crippen LogP contribution < -0.4 is 14.4 Å². The molecule has 0 spiro atoms. The van der Waals surface area contributed by atoms with Crippen molar-refractivity contribution < 1.29 is 62.7 Å². The fourth-order valence-corrected chi connectivity index (χ4v) is 5.19. The molecule has 49 heavy (non-hydrogen) atoms. The van der Waals surface area contributed by atoms with E-state index in [0.717, 1.165) is 11.1 Å². The Hall–Kier alpha value is -5.02. The maximum Gasteiger partial charge on any atom is 0.343 e. The number of benzene rings is 4. The van der Waals surface area contributed by atoms with Gasteiger partial charge in [0.05, 0.1) is 37.6 Å². The summed E-state index contributed by atoms with van der Waals surface area (Å²) in [5.74, 6) is 0.141. The van der Waals surface area contributed by atoms with Gasteiger partial charge in [-0.05, 0) is 83.9 Å². The minimum absolute atomic E-state index is 0.0201. The normalized spacial score (nSPS) is 19.6. The minimum Gasteiger partial charge on any atom is -0.508 e. The van der Waals surface area contributed by atoms with Crippen LogP contribution in [0.5, 0.6) is 23.0 Å². The van der Waals surface area contributed by atoms with Gasteiger partial charge in [-0.15, -0.1) is 0 Å². The van der Waals surface area contributed by atoms with Crippen LogP contribution in [-0.4, -0.2) is 73.5 Å². The SMILES string of the molecule is O=C(Oc1ccc(C(=O)O[C@H]2COC3[C@H]2OC[C@H]3OCOCc2ccc(OCOCc3ccc(OO)cc3)cc2)cc1)c1ccc(O)cc1. The molecule has 0 saturated carbocycles. The quantitative estimate of drug-likeness (QED) is 0.0439. The van der Waals surface area contributed by atoms with Crippen molar-refractivity contribution in [3.05, 3.63) is 119 Å². The summed E-state index contributed by atoms with van der Waals surface area (Å²) in [7, 11) is 0. The lowest BCUT2D eigenvalue weighted by molar-refractivity contribution is -0.137. The van der Waals surface area contributed by atoms with Crippen molar-refractivity contribution in [1.82, 2.24) is 0 Å². The number of hydrogen-bond donors (Lipinski definition) is 2. The summed E-state index contributed by atoms with van der Waals surface area (Å²) >= 11 is 0. The predicted molar refractivity (Wildman–Crippen MR) is 169 cm³/mol. The van der Waals surface area contributed by atoms with E-state index in [2.05, 4.69) is 4.89 Å². The van der Waals surface area contributed by atoms with Gasteiger partial charge < -0.3 is 47.9 Å². The molecule has 4 aromatic carbocycles. The molecule has 13 heteroatoms. The van der Waals surface area contributed by atoms with Crippen molar-refractivity contribution in [1.29, 1.82) is 0 Å². The van der Waals surface area contributed by atoms with E-state index < -0.39 is 30.3 Å². The molecule has 4 atom stereocenters. The highest BCUT2D eigenvalue weighted by atomic mass is 17.1. The molecular weight excluding hydrogens is 640 g/mol. The lowest BCUT2D eigenvalue weighted by atomic mass is 10.1. The number of rotatable bonds is 15. The van der Waals surface area contributed by atoms with Crippen LogP contribution in [0.1, 0.15) is 31.8 Å². The van der Waals surface area contributed by atoms with Crippen LogP contribution >= 0.6 is 0 Å². The average Bonchev–Trinajstić information content (AvgIpc) is 3.72. The van der Waals surface area contributed by atoms with E-state index in [9.17, 15) is 14.7 Å². The number of phenols is 1. The summed E-state index contributed by atoms with van der Waals surface area (Å²) in [5.41, 5.74) is 2.39. The zero-order valence-corrected chi connectivity index (χ0v) is 26.2. The van der Waals surface area contributed by atoms with Gasteiger partial charge in [0.25, 0.3) is 0 Å². The molecule has 6 rings (SSSR count). The largest absolute Gasteiger partial charge is 0.508 e. The molecule has 2 N–H and O–H groups in total. The number of aromatic hydroxyl groups is 1. The Bertz CT molecular complexity index is 1660. The van der Waals surface area contributed by atoms with Crippen LogP contribution in [0, 0.1) is 0 Å². The molecule has 0 amide bonds. The van der Waals surface area contributed by atoms with Gasteiger partial charge in [0, 0.05) is 0 Å². The Morgan fingerprint density at radius 2 is 1.16 bits per heavy atom. The zero-order valence-electron chi connectivity index (χ0n) is 26.2. The summed E-state index contributed by atoms with van der Waals surface area (Å²) in [6.45, 7) is 1.20. The summed E-state index contributed by atoms with van der Waals surface area (Å²) in [5, 5.41) is 18.0. The first-order valence-corrected chi connectivity index (χ1v) is 15.4. The third kappa shape index (κ3) is 9.12. The topological polar surface area (TPSA) is 158 Å². The van der Waals surface area contributed by atoms with Crippen LogP contribution in [-0.2, 0) is 41.6 Å². The number of phenolic OH excluding ortho intramolecular Hbond substituents is 1. The van der Waals surface area contributed by atoms with Crippen molar-refractivity contribution in [2.75, 3.05) is 26.8 Å². The van der Waals surface area contributed by atoms with Crippen molar-refractivity contribution in [2.24, 2.45) is 0 Å². The number of ether oxygens (including phenoxy) is 8. The summed E-state index contributed by atoms with van der Waals surface area (Å²) in [6, 6.07) is 25.9. The van der Waals surface area contributed by atoms with Gasteiger partial charge in [-0.2, -0.15) is 0 Å². The van der Waals surface area contributed by atoms with E-state index in [-0.39, 0.29) is 55.5 Å². The van der Waals surface area contributed by atoms with Crippen molar-refractivity contribution in [3.63, 3.8) is 0 Å². The second-order valence-electron chi connectivity index (χ2n) is 11.2. The molecule has 2 aliphatic heterocycles. The molecule has 0 radical (unpaired) electrons. The van der Waals surface area contributed by atoms with Crippen LogP contribution in [0.25, 0.3) is 0 Å². The van der Waals surface area contributed by atoms with E-state index in [0.29, 0.717) is 24.7 Å². The second-order valence-corrected chi connectivity index (χ2v) is 11.2. The molecule has 256 valence electrons. The van der Waals surface area contributed by atoms with Gasteiger partial charge in [-0.25, -0.2) is 14.8 Å². The van der Waals surface area contributed by atoms with Crippen molar-refractivity contribution >= 4 is 11.9 Å². The number of fused-ring (bicyclic) bond motifs is 1. The van der Waals surface area contributed by atoms with Gasteiger partial charge in [0.2, 0.25) is 0 Å². The molecule has 1 unspecified atom stereocenters. The fraction of sp³-hybridized carbons (Fsp3) is 0.278. The lowest BCUT2D eigenvalue weighted by Crippen LogP contribution is -2.35. The van der Waals surface area contributed by atoms with Crippen LogP contribution in [0.4, 0.5) is 0 Å². The summed E-state index contributed by atoms with van der Waals surface area (Å²) < 4.78 is 45.4. The predicted octanol–water partition coefficient (Wildman–Crippen LogP) is 4.90. The first kappa shape index (κ1) is 33.9. The monoisotopic (exact) mass is 674 g/mol. The fourth-order valence-electron chi connectivity index (χ4n) is 5.19.